The van der Waals surface area contributed by atoms with Crippen LogP contribution in [0.25, 0.3) is 0 Å². The molecule has 0 aromatic carbocycles. The van der Waals surface area contributed by atoms with Crippen LogP contribution in [-0.4, -0.2) is 17.9 Å². The first-order chi connectivity index (χ1) is 6.08. The van der Waals surface area contributed by atoms with Gasteiger partial charge in [-0.05, 0) is 19.8 Å². The molecule has 0 aromatic rings. The first kappa shape index (κ1) is 12.1. The fourth-order valence-electron chi connectivity index (χ4n) is 1.11. The lowest BCUT2D eigenvalue weighted by Crippen LogP contribution is -2.33. The molecular formula is C10H17O3. The minimum Gasteiger partial charge on any atom is -0.451 e. The first-order valence-electron chi connectivity index (χ1n) is 4.69. The topological polar surface area (TPSA) is 43.4 Å². The van der Waals surface area contributed by atoms with E-state index < -0.39 is 5.60 Å². The van der Waals surface area contributed by atoms with E-state index >= 15 is 0 Å². The molecule has 75 valence electrons. The van der Waals surface area contributed by atoms with Crippen LogP contribution in [0.5, 0.6) is 0 Å². The summed E-state index contributed by atoms with van der Waals surface area (Å²) in [6, 6.07) is 0. The number of rotatable bonds is 6. The Morgan fingerprint density at radius 2 is 2.00 bits per heavy atom. The Hall–Kier alpha value is -0.860. The molecule has 0 aromatic heterocycles. The zero-order valence-corrected chi connectivity index (χ0v) is 8.55. The highest BCUT2D eigenvalue weighted by Crippen LogP contribution is 2.15. The van der Waals surface area contributed by atoms with Gasteiger partial charge in [-0.1, -0.05) is 20.3 Å². The molecule has 0 rings (SSSR count). The van der Waals surface area contributed by atoms with Gasteiger partial charge in [0.05, 0.1) is 0 Å². The van der Waals surface area contributed by atoms with Crippen LogP contribution in [-0.2, 0) is 14.3 Å². The number of esters is 1. The van der Waals surface area contributed by atoms with E-state index in [0.29, 0.717) is 12.8 Å². The SMILES string of the molecule is CCCC(=O)OC(C)([C]=O)CCC. The van der Waals surface area contributed by atoms with Gasteiger partial charge in [0.15, 0.2) is 5.60 Å². The summed E-state index contributed by atoms with van der Waals surface area (Å²) in [5.74, 6) is -0.318. The highest BCUT2D eigenvalue weighted by Gasteiger charge is 2.27. The molecule has 0 aliphatic rings. The average molecular weight is 185 g/mol. The van der Waals surface area contributed by atoms with E-state index in [9.17, 15) is 9.59 Å². The average Bonchev–Trinajstić information content (AvgIpc) is 2.05. The van der Waals surface area contributed by atoms with Crippen LogP contribution in [0.15, 0.2) is 0 Å². The zero-order valence-electron chi connectivity index (χ0n) is 8.55. The lowest BCUT2D eigenvalue weighted by Gasteiger charge is -2.21. The molecular weight excluding hydrogens is 168 g/mol. The summed E-state index contributed by atoms with van der Waals surface area (Å²) in [6.45, 7) is 5.42. The number of ether oxygens (including phenoxy) is 1. The van der Waals surface area contributed by atoms with E-state index in [1.807, 2.05) is 13.8 Å². The Morgan fingerprint density at radius 1 is 1.38 bits per heavy atom. The highest BCUT2D eigenvalue weighted by atomic mass is 16.6. The normalized spacial score (nSPS) is 14.7. The van der Waals surface area contributed by atoms with Crippen LogP contribution >= 0.6 is 0 Å². The third-order valence-electron chi connectivity index (χ3n) is 1.74. The fraction of sp³-hybridized carbons (Fsp3) is 0.800. The van der Waals surface area contributed by atoms with Gasteiger partial charge in [0, 0.05) is 6.42 Å². The Kier molecular flexibility index (Phi) is 5.35. The Bertz CT molecular complexity index is 177. The summed E-state index contributed by atoms with van der Waals surface area (Å²) in [5, 5.41) is 0. The lowest BCUT2D eigenvalue weighted by molar-refractivity contribution is -0.152. The van der Waals surface area contributed by atoms with Gasteiger partial charge in [0.2, 0.25) is 6.29 Å². The highest BCUT2D eigenvalue weighted by molar-refractivity contribution is 5.74. The summed E-state index contributed by atoms with van der Waals surface area (Å²) in [7, 11) is 0. The molecule has 0 amide bonds. The summed E-state index contributed by atoms with van der Waals surface area (Å²) < 4.78 is 5.01. The van der Waals surface area contributed by atoms with Crippen molar-refractivity contribution >= 4 is 12.3 Å². The predicted octanol–water partition coefficient (Wildman–Crippen LogP) is 2.00. The fourth-order valence-corrected chi connectivity index (χ4v) is 1.11. The minimum absolute atomic E-state index is 0.318. The number of hydrogen-bond donors (Lipinski definition) is 0. The van der Waals surface area contributed by atoms with Crippen molar-refractivity contribution in [2.75, 3.05) is 0 Å². The van der Waals surface area contributed by atoms with Gasteiger partial charge in [0.1, 0.15) is 0 Å². The number of carbonyl (C=O) groups is 1. The molecule has 1 unspecified atom stereocenters. The Labute approximate surface area is 79.5 Å². The molecule has 13 heavy (non-hydrogen) atoms. The maximum atomic E-state index is 11.1. The number of carbonyl (C=O) groups excluding carboxylic acids is 2. The van der Waals surface area contributed by atoms with Crippen LogP contribution in [0, 0.1) is 0 Å². The van der Waals surface area contributed by atoms with Crippen molar-refractivity contribution in [1.29, 1.82) is 0 Å². The van der Waals surface area contributed by atoms with Crippen molar-refractivity contribution in [3.05, 3.63) is 0 Å². The van der Waals surface area contributed by atoms with Crippen LogP contribution in [0.4, 0.5) is 0 Å². The van der Waals surface area contributed by atoms with E-state index in [1.165, 1.54) is 0 Å². The van der Waals surface area contributed by atoms with Crippen LogP contribution in [0.1, 0.15) is 46.5 Å². The maximum Gasteiger partial charge on any atom is 0.306 e. The van der Waals surface area contributed by atoms with Crippen molar-refractivity contribution in [3.8, 4) is 0 Å². The summed E-state index contributed by atoms with van der Waals surface area (Å²) >= 11 is 0. The Morgan fingerprint density at radius 3 is 2.38 bits per heavy atom. The van der Waals surface area contributed by atoms with Crippen molar-refractivity contribution in [2.24, 2.45) is 0 Å². The van der Waals surface area contributed by atoms with E-state index in [4.69, 9.17) is 4.74 Å². The molecule has 3 nitrogen and oxygen atoms in total. The lowest BCUT2D eigenvalue weighted by atomic mass is 10.0. The first-order valence-corrected chi connectivity index (χ1v) is 4.69. The van der Waals surface area contributed by atoms with Gasteiger partial charge in [-0.2, -0.15) is 0 Å². The Balaban J connectivity index is 4.09. The van der Waals surface area contributed by atoms with Gasteiger partial charge in [0.25, 0.3) is 0 Å². The van der Waals surface area contributed by atoms with Crippen LogP contribution in [0.2, 0.25) is 0 Å². The third-order valence-corrected chi connectivity index (χ3v) is 1.74. The largest absolute Gasteiger partial charge is 0.451 e. The van der Waals surface area contributed by atoms with Gasteiger partial charge < -0.3 is 4.74 Å². The molecule has 0 aliphatic heterocycles. The van der Waals surface area contributed by atoms with E-state index in [-0.39, 0.29) is 5.97 Å². The molecule has 3 heteroatoms. The van der Waals surface area contributed by atoms with Crippen molar-refractivity contribution < 1.29 is 14.3 Å². The van der Waals surface area contributed by atoms with Crippen LogP contribution in [0.3, 0.4) is 0 Å². The summed E-state index contributed by atoms with van der Waals surface area (Å²) in [6.07, 6.45) is 4.20. The third kappa shape index (κ3) is 4.65. The predicted molar refractivity (Wildman–Crippen MR) is 50.0 cm³/mol. The molecule has 0 heterocycles. The van der Waals surface area contributed by atoms with Crippen molar-refractivity contribution in [1.82, 2.24) is 0 Å². The zero-order chi connectivity index (χ0) is 10.3. The second kappa shape index (κ2) is 5.73. The molecule has 0 saturated carbocycles. The van der Waals surface area contributed by atoms with E-state index in [1.54, 1.807) is 13.2 Å². The molecule has 1 radical (unpaired) electrons. The molecule has 0 N–H and O–H groups in total. The molecule has 1 atom stereocenters. The molecule has 0 aliphatic carbocycles. The second-order valence-electron chi connectivity index (χ2n) is 3.31. The van der Waals surface area contributed by atoms with E-state index in [2.05, 4.69) is 0 Å². The monoisotopic (exact) mass is 185 g/mol. The van der Waals surface area contributed by atoms with Crippen molar-refractivity contribution in [3.63, 3.8) is 0 Å². The van der Waals surface area contributed by atoms with Crippen molar-refractivity contribution in [2.45, 2.75) is 52.1 Å². The van der Waals surface area contributed by atoms with Gasteiger partial charge in [-0.15, -0.1) is 0 Å². The minimum atomic E-state index is -1.04. The molecule has 0 saturated heterocycles. The van der Waals surface area contributed by atoms with E-state index in [0.717, 1.165) is 12.8 Å². The summed E-state index contributed by atoms with van der Waals surface area (Å²) in [5.41, 5.74) is -1.04. The smallest absolute Gasteiger partial charge is 0.306 e. The van der Waals surface area contributed by atoms with Gasteiger partial charge in [-0.25, -0.2) is 0 Å². The second-order valence-corrected chi connectivity index (χ2v) is 3.31. The summed E-state index contributed by atoms with van der Waals surface area (Å²) in [4.78, 5) is 21.6. The maximum absolute atomic E-state index is 11.1. The van der Waals surface area contributed by atoms with Crippen LogP contribution < -0.4 is 0 Å². The van der Waals surface area contributed by atoms with Gasteiger partial charge in [-0.3, -0.25) is 9.59 Å². The molecule has 0 fully saturated rings. The number of hydrogen-bond acceptors (Lipinski definition) is 3. The molecule has 0 spiro atoms. The quantitative estimate of drug-likeness (QED) is 0.594. The standard InChI is InChI=1S/C10H17O3/c1-4-6-9(12)13-10(3,8-11)7-5-2/h4-7H2,1-3H3. The molecule has 0 bridgehead atoms. The van der Waals surface area contributed by atoms with Gasteiger partial charge >= 0.3 is 5.97 Å².